The van der Waals surface area contributed by atoms with Gasteiger partial charge in [0, 0.05) is 27.7 Å². The molecule has 15 nitrogen and oxygen atoms in total. The lowest BCUT2D eigenvalue weighted by Gasteiger charge is -2.44. The molecule has 2 aromatic heterocycles. The number of fused-ring (bicyclic) bond motifs is 1. The lowest BCUT2D eigenvalue weighted by Crippen LogP contribution is -2.60. The van der Waals surface area contributed by atoms with Crippen molar-refractivity contribution in [2.24, 2.45) is 0 Å². The number of rotatable bonds is 6. The molecule has 1 fully saturated rings. The van der Waals surface area contributed by atoms with Gasteiger partial charge in [-0.05, 0) is 0 Å². The Labute approximate surface area is 185 Å². The summed E-state index contributed by atoms with van der Waals surface area (Å²) in [4.78, 5) is 65.3. The molecule has 33 heavy (non-hydrogen) atoms. The van der Waals surface area contributed by atoms with Crippen LogP contribution >= 0.6 is 0 Å². The second-order valence-electron chi connectivity index (χ2n) is 7.03. The molecule has 2 aromatic rings. The molecule has 1 aliphatic heterocycles. The summed E-state index contributed by atoms with van der Waals surface area (Å²) in [5.41, 5.74) is -0.748. The summed E-state index contributed by atoms with van der Waals surface area (Å²) in [6.45, 7) is 4.08. The van der Waals surface area contributed by atoms with Gasteiger partial charge in [-0.1, -0.05) is 5.21 Å². The van der Waals surface area contributed by atoms with E-state index in [1.54, 1.807) is 0 Å². The molecule has 0 amide bonds. The largest absolute Gasteiger partial charge is 0.463 e. The first-order chi connectivity index (χ1) is 15.6. The normalized spacial score (nSPS) is 24.7. The Hall–Kier alpha value is -3.88. The first-order valence-corrected chi connectivity index (χ1v) is 9.67. The number of nitrogens with one attached hydrogen (secondary N) is 1. The van der Waals surface area contributed by atoms with Crippen LogP contribution in [-0.4, -0.2) is 79.9 Å². The third-order valence-electron chi connectivity index (χ3n) is 4.47. The molecular weight excluding hydrogens is 446 g/mol. The SMILES string of the molecule is CC(=O)OCC1OC(n2nnc3c(=O)[nH]cnc32)C(OC(C)=O)C(OC(C)=O)C1OC(C)=O. The van der Waals surface area contributed by atoms with E-state index >= 15 is 0 Å². The standard InChI is InChI=1S/C18H21N5O10/c1-7(24)29-5-11-13(30-8(2)25)14(31-9(3)26)15(32-10(4)27)18(33-11)23-16-12(21-22-23)17(28)20-6-19-16/h6,11,13-15,18H,5H2,1-4H3,(H,19,20,28). The van der Waals surface area contributed by atoms with Crippen molar-refractivity contribution in [2.45, 2.75) is 58.3 Å². The van der Waals surface area contributed by atoms with Gasteiger partial charge in [-0.25, -0.2) is 4.98 Å². The Kier molecular flexibility index (Phi) is 7.01. The monoisotopic (exact) mass is 467 g/mol. The van der Waals surface area contributed by atoms with Crippen molar-refractivity contribution in [1.82, 2.24) is 25.0 Å². The summed E-state index contributed by atoms with van der Waals surface area (Å²) in [6.07, 6.45) is -5.55. The van der Waals surface area contributed by atoms with Crippen LogP contribution in [0.3, 0.4) is 0 Å². The number of aromatic amines is 1. The predicted octanol–water partition coefficient (Wildman–Crippen LogP) is -1.23. The van der Waals surface area contributed by atoms with Crippen LogP contribution < -0.4 is 5.56 Å². The number of aromatic nitrogens is 5. The van der Waals surface area contributed by atoms with Gasteiger partial charge < -0.3 is 28.7 Å². The molecule has 178 valence electrons. The summed E-state index contributed by atoms with van der Waals surface area (Å²) in [5, 5.41) is 7.65. The smallest absolute Gasteiger partial charge is 0.303 e. The Morgan fingerprint density at radius 1 is 0.970 bits per heavy atom. The molecule has 0 aromatic carbocycles. The van der Waals surface area contributed by atoms with E-state index in [0.29, 0.717) is 0 Å². The highest BCUT2D eigenvalue weighted by Crippen LogP contribution is 2.35. The van der Waals surface area contributed by atoms with Crippen LogP contribution in [0.2, 0.25) is 0 Å². The maximum absolute atomic E-state index is 12.0. The molecule has 15 heteroatoms. The first kappa shape index (κ1) is 23.8. The van der Waals surface area contributed by atoms with Crippen molar-refractivity contribution in [2.75, 3.05) is 6.61 Å². The van der Waals surface area contributed by atoms with Crippen LogP contribution in [-0.2, 0) is 42.9 Å². The molecule has 5 unspecified atom stereocenters. The molecule has 1 aliphatic rings. The average molecular weight is 467 g/mol. The van der Waals surface area contributed by atoms with Crippen LogP contribution in [0.1, 0.15) is 33.9 Å². The fourth-order valence-corrected chi connectivity index (χ4v) is 3.35. The maximum atomic E-state index is 12.0. The summed E-state index contributed by atoms with van der Waals surface area (Å²) >= 11 is 0. The highest BCUT2D eigenvalue weighted by atomic mass is 16.7. The second-order valence-corrected chi connectivity index (χ2v) is 7.03. The molecule has 3 heterocycles. The summed E-state index contributed by atoms with van der Waals surface area (Å²) in [5.74, 6) is -2.96. The minimum atomic E-state index is -1.41. The van der Waals surface area contributed by atoms with Crippen molar-refractivity contribution < 1.29 is 42.9 Å². The van der Waals surface area contributed by atoms with E-state index in [1.165, 1.54) is 0 Å². The minimum Gasteiger partial charge on any atom is -0.463 e. The highest BCUT2D eigenvalue weighted by molar-refractivity contribution is 5.69. The van der Waals surface area contributed by atoms with E-state index in [9.17, 15) is 24.0 Å². The van der Waals surface area contributed by atoms with E-state index in [1.807, 2.05) is 0 Å². The zero-order valence-electron chi connectivity index (χ0n) is 18.0. The van der Waals surface area contributed by atoms with Gasteiger partial charge in [0.05, 0.1) is 6.33 Å². The molecule has 0 bridgehead atoms. The van der Waals surface area contributed by atoms with Crippen molar-refractivity contribution in [1.29, 1.82) is 0 Å². The second kappa shape index (κ2) is 9.72. The lowest BCUT2D eigenvalue weighted by molar-refractivity contribution is -0.269. The number of carbonyl (C=O) groups is 4. The number of esters is 4. The topological polar surface area (TPSA) is 191 Å². The van der Waals surface area contributed by atoms with Gasteiger partial charge in [-0.15, -0.1) is 5.10 Å². The Morgan fingerprint density at radius 3 is 2.18 bits per heavy atom. The van der Waals surface area contributed by atoms with Crippen molar-refractivity contribution in [3.8, 4) is 0 Å². The minimum absolute atomic E-state index is 0.0281. The molecule has 1 saturated heterocycles. The summed E-state index contributed by atoms with van der Waals surface area (Å²) in [7, 11) is 0. The molecule has 0 spiro atoms. The predicted molar refractivity (Wildman–Crippen MR) is 103 cm³/mol. The van der Waals surface area contributed by atoms with Gasteiger partial charge in [0.2, 0.25) is 0 Å². The molecular formula is C18H21N5O10. The molecule has 1 N–H and O–H groups in total. The average Bonchev–Trinajstić information content (AvgIpc) is 3.14. The van der Waals surface area contributed by atoms with E-state index < -0.39 is 66.7 Å². The van der Waals surface area contributed by atoms with Gasteiger partial charge in [0.1, 0.15) is 12.7 Å². The van der Waals surface area contributed by atoms with Crippen molar-refractivity contribution >= 4 is 35.0 Å². The van der Waals surface area contributed by atoms with Crippen LogP contribution in [0, 0.1) is 0 Å². The highest BCUT2D eigenvalue weighted by Gasteiger charge is 2.53. The molecule has 3 rings (SSSR count). The van der Waals surface area contributed by atoms with E-state index in [0.717, 1.165) is 38.7 Å². The summed E-state index contributed by atoms with van der Waals surface area (Å²) in [6, 6.07) is 0. The Balaban J connectivity index is 2.14. The number of nitrogens with zero attached hydrogens (tertiary/aromatic N) is 4. The van der Waals surface area contributed by atoms with Crippen LogP contribution in [0.4, 0.5) is 0 Å². The number of carbonyl (C=O) groups excluding carboxylic acids is 4. The number of hydrogen-bond donors (Lipinski definition) is 1. The quantitative estimate of drug-likeness (QED) is 0.393. The zero-order valence-corrected chi connectivity index (χ0v) is 18.0. The van der Waals surface area contributed by atoms with Crippen LogP contribution in [0.25, 0.3) is 11.2 Å². The van der Waals surface area contributed by atoms with E-state index in [-0.39, 0.29) is 11.2 Å². The fourth-order valence-electron chi connectivity index (χ4n) is 3.35. The Morgan fingerprint density at radius 2 is 1.58 bits per heavy atom. The van der Waals surface area contributed by atoms with E-state index in [4.69, 9.17) is 23.7 Å². The van der Waals surface area contributed by atoms with E-state index in [2.05, 4.69) is 20.3 Å². The van der Waals surface area contributed by atoms with Gasteiger partial charge in [0.25, 0.3) is 5.56 Å². The van der Waals surface area contributed by atoms with Crippen molar-refractivity contribution in [3.05, 3.63) is 16.7 Å². The molecule has 0 aliphatic carbocycles. The zero-order chi connectivity index (χ0) is 24.3. The number of ether oxygens (including phenoxy) is 5. The fraction of sp³-hybridized carbons (Fsp3) is 0.556. The first-order valence-electron chi connectivity index (χ1n) is 9.67. The van der Waals surface area contributed by atoms with Crippen LogP contribution in [0.5, 0.6) is 0 Å². The van der Waals surface area contributed by atoms with Crippen LogP contribution in [0.15, 0.2) is 11.1 Å². The van der Waals surface area contributed by atoms with Gasteiger partial charge in [-0.2, -0.15) is 4.68 Å². The van der Waals surface area contributed by atoms with Gasteiger partial charge in [-0.3, -0.25) is 24.0 Å². The molecule has 0 saturated carbocycles. The van der Waals surface area contributed by atoms with Gasteiger partial charge in [0.15, 0.2) is 35.7 Å². The number of hydrogen-bond acceptors (Lipinski definition) is 13. The lowest BCUT2D eigenvalue weighted by atomic mass is 9.97. The maximum Gasteiger partial charge on any atom is 0.303 e. The van der Waals surface area contributed by atoms with Crippen molar-refractivity contribution in [3.63, 3.8) is 0 Å². The third-order valence-corrected chi connectivity index (χ3v) is 4.47. The van der Waals surface area contributed by atoms with Gasteiger partial charge >= 0.3 is 23.9 Å². The summed E-state index contributed by atoms with van der Waals surface area (Å²) < 4.78 is 28.0. The molecule has 5 atom stereocenters. The molecule has 0 radical (unpaired) electrons. The number of H-pyrrole nitrogens is 1. The third kappa shape index (κ3) is 5.31. The Bertz CT molecular complexity index is 1130.